The largest absolute Gasteiger partial charge is 0.351 e. The van der Waals surface area contributed by atoms with E-state index in [1.165, 1.54) is 0 Å². The Kier molecular flexibility index (Phi) is 4.38. The summed E-state index contributed by atoms with van der Waals surface area (Å²) in [4.78, 5) is 29.3. The standard InChI is InChI=1S/C16H15N3O3S/c20-15(11-6-7-13-14(10-11)19-16(21)18-13)17-8-9-23(22)12-4-2-1-3-5-12/h1-7,10H,8-9H2,(H,17,20)(H2,18,19,21)/t23-/m0/s1. The molecule has 0 fully saturated rings. The molecule has 6 nitrogen and oxygen atoms in total. The number of carbonyl (C=O) groups excluding carboxylic acids is 1. The van der Waals surface area contributed by atoms with Gasteiger partial charge < -0.3 is 15.3 Å². The van der Waals surface area contributed by atoms with Crippen molar-refractivity contribution in [1.82, 2.24) is 15.3 Å². The zero-order chi connectivity index (χ0) is 16.2. The fraction of sp³-hybridized carbons (Fsp3) is 0.125. The lowest BCUT2D eigenvalue weighted by atomic mass is 10.2. The minimum Gasteiger partial charge on any atom is -0.351 e. The SMILES string of the molecule is O=C(NCC[S@](=O)c1ccccc1)c1ccc2[nH]c(=O)[nH]c2c1. The van der Waals surface area contributed by atoms with E-state index in [2.05, 4.69) is 15.3 Å². The lowest BCUT2D eigenvalue weighted by molar-refractivity contribution is 0.0956. The number of carbonyl (C=O) groups is 1. The van der Waals surface area contributed by atoms with Crippen LogP contribution in [0.5, 0.6) is 0 Å². The van der Waals surface area contributed by atoms with Gasteiger partial charge in [-0.2, -0.15) is 0 Å². The monoisotopic (exact) mass is 329 g/mol. The topological polar surface area (TPSA) is 94.8 Å². The van der Waals surface area contributed by atoms with E-state index in [0.29, 0.717) is 28.9 Å². The molecule has 1 atom stereocenters. The van der Waals surface area contributed by atoms with Crippen molar-refractivity contribution in [1.29, 1.82) is 0 Å². The molecule has 2 aromatic carbocycles. The number of aromatic nitrogens is 2. The quantitative estimate of drug-likeness (QED) is 0.660. The third kappa shape index (κ3) is 3.57. The highest BCUT2D eigenvalue weighted by Gasteiger charge is 2.09. The Hall–Kier alpha value is -2.67. The lowest BCUT2D eigenvalue weighted by Crippen LogP contribution is -2.27. The predicted octanol–water partition coefficient (Wildman–Crippen LogP) is 1.39. The van der Waals surface area contributed by atoms with Crippen LogP contribution in [0.15, 0.2) is 58.2 Å². The minimum atomic E-state index is -1.14. The Labute approximate surface area is 134 Å². The smallest absolute Gasteiger partial charge is 0.323 e. The van der Waals surface area contributed by atoms with E-state index in [-0.39, 0.29) is 11.6 Å². The number of hydrogen-bond acceptors (Lipinski definition) is 3. The molecule has 0 aliphatic heterocycles. The van der Waals surface area contributed by atoms with Gasteiger partial charge in [-0.25, -0.2) is 4.79 Å². The molecule has 0 saturated heterocycles. The summed E-state index contributed by atoms with van der Waals surface area (Å²) in [5.41, 5.74) is 1.36. The zero-order valence-corrected chi connectivity index (χ0v) is 13.0. The number of benzene rings is 2. The average Bonchev–Trinajstić information content (AvgIpc) is 2.94. The molecule has 7 heteroatoms. The number of nitrogens with one attached hydrogen (secondary N) is 3. The van der Waals surface area contributed by atoms with Crippen molar-refractivity contribution < 1.29 is 9.00 Å². The highest BCUT2D eigenvalue weighted by atomic mass is 32.2. The molecule has 0 saturated carbocycles. The second kappa shape index (κ2) is 6.62. The van der Waals surface area contributed by atoms with Gasteiger partial charge in [0.1, 0.15) is 0 Å². The van der Waals surface area contributed by atoms with Crippen LogP contribution in [0.25, 0.3) is 11.0 Å². The molecule has 0 aliphatic carbocycles. The summed E-state index contributed by atoms with van der Waals surface area (Å²) < 4.78 is 12.1. The van der Waals surface area contributed by atoms with Crippen molar-refractivity contribution in [2.45, 2.75) is 4.90 Å². The van der Waals surface area contributed by atoms with Crippen LogP contribution in [-0.4, -0.2) is 32.4 Å². The second-order valence-corrected chi connectivity index (χ2v) is 6.53. The first-order valence-corrected chi connectivity index (χ1v) is 8.39. The van der Waals surface area contributed by atoms with E-state index in [9.17, 15) is 13.8 Å². The molecule has 118 valence electrons. The van der Waals surface area contributed by atoms with Crippen molar-refractivity contribution in [3.05, 3.63) is 64.6 Å². The van der Waals surface area contributed by atoms with Crippen molar-refractivity contribution in [3.63, 3.8) is 0 Å². The summed E-state index contributed by atoms with van der Waals surface area (Å²) in [5, 5.41) is 2.74. The Morgan fingerprint density at radius 3 is 2.57 bits per heavy atom. The van der Waals surface area contributed by atoms with E-state index in [0.717, 1.165) is 4.90 Å². The van der Waals surface area contributed by atoms with Gasteiger partial charge in [0.25, 0.3) is 5.91 Å². The fourth-order valence-corrected chi connectivity index (χ4v) is 3.21. The van der Waals surface area contributed by atoms with E-state index in [1.807, 2.05) is 18.2 Å². The van der Waals surface area contributed by atoms with Gasteiger partial charge in [-0.05, 0) is 30.3 Å². The first-order valence-electron chi connectivity index (χ1n) is 7.07. The first-order chi connectivity index (χ1) is 11.1. The van der Waals surface area contributed by atoms with Crippen LogP contribution in [0.1, 0.15) is 10.4 Å². The van der Waals surface area contributed by atoms with Gasteiger partial charge in [-0.3, -0.25) is 9.00 Å². The summed E-state index contributed by atoms with van der Waals surface area (Å²) in [7, 11) is -1.14. The first kappa shape index (κ1) is 15.2. The molecule has 0 aliphatic rings. The van der Waals surface area contributed by atoms with Gasteiger partial charge in [0.2, 0.25) is 0 Å². The maximum Gasteiger partial charge on any atom is 0.323 e. The minimum absolute atomic E-state index is 0.265. The highest BCUT2D eigenvalue weighted by molar-refractivity contribution is 7.85. The van der Waals surface area contributed by atoms with Crippen molar-refractivity contribution in [2.75, 3.05) is 12.3 Å². The lowest BCUT2D eigenvalue weighted by Gasteiger charge is -2.05. The molecule has 0 unspecified atom stereocenters. The molecule has 0 bridgehead atoms. The normalized spacial score (nSPS) is 12.2. The van der Waals surface area contributed by atoms with Crippen LogP contribution in [-0.2, 0) is 10.8 Å². The van der Waals surface area contributed by atoms with Gasteiger partial charge in [-0.1, -0.05) is 18.2 Å². The van der Waals surface area contributed by atoms with Crippen LogP contribution in [0.4, 0.5) is 0 Å². The van der Waals surface area contributed by atoms with Crippen LogP contribution in [0, 0.1) is 0 Å². The van der Waals surface area contributed by atoms with E-state index in [4.69, 9.17) is 0 Å². The molecule has 3 N–H and O–H groups in total. The van der Waals surface area contributed by atoms with Gasteiger partial charge in [0.05, 0.1) is 21.8 Å². The van der Waals surface area contributed by atoms with Crippen molar-refractivity contribution >= 4 is 27.7 Å². The maximum atomic E-state index is 12.1. The highest BCUT2D eigenvalue weighted by Crippen LogP contribution is 2.10. The number of rotatable bonds is 5. The van der Waals surface area contributed by atoms with E-state index < -0.39 is 10.8 Å². The third-order valence-corrected chi connectivity index (χ3v) is 4.73. The molecule has 0 radical (unpaired) electrons. The van der Waals surface area contributed by atoms with E-state index in [1.54, 1.807) is 30.3 Å². The Morgan fingerprint density at radius 2 is 1.78 bits per heavy atom. The maximum absolute atomic E-state index is 12.1. The Bertz CT molecular complexity index is 915. The number of fused-ring (bicyclic) bond motifs is 1. The number of aromatic amines is 2. The third-order valence-electron chi connectivity index (χ3n) is 3.36. The van der Waals surface area contributed by atoms with Gasteiger partial charge in [-0.15, -0.1) is 0 Å². The zero-order valence-electron chi connectivity index (χ0n) is 12.2. The van der Waals surface area contributed by atoms with Crippen LogP contribution < -0.4 is 11.0 Å². The van der Waals surface area contributed by atoms with Crippen LogP contribution in [0.3, 0.4) is 0 Å². The molecule has 3 rings (SSSR count). The summed E-state index contributed by atoms with van der Waals surface area (Å²) in [6.45, 7) is 0.308. The van der Waals surface area contributed by atoms with Crippen molar-refractivity contribution in [3.8, 4) is 0 Å². The fourth-order valence-electron chi connectivity index (χ4n) is 2.22. The Balaban J connectivity index is 1.60. The number of hydrogen-bond donors (Lipinski definition) is 3. The molecular formula is C16H15N3O3S. The number of H-pyrrole nitrogens is 2. The average molecular weight is 329 g/mol. The van der Waals surface area contributed by atoms with E-state index >= 15 is 0 Å². The van der Waals surface area contributed by atoms with Gasteiger partial charge in [0, 0.05) is 22.8 Å². The molecule has 3 aromatic rings. The molecule has 1 amide bonds. The number of amides is 1. The van der Waals surface area contributed by atoms with Gasteiger partial charge in [0.15, 0.2) is 0 Å². The molecule has 1 heterocycles. The summed E-state index contributed by atoms with van der Waals surface area (Å²) in [6.07, 6.45) is 0. The Morgan fingerprint density at radius 1 is 1.04 bits per heavy atom. The van der Waals surface area contributed by atoms with Crippen LogP contribution in [0.2, 0.25) is 0 Å². The summed E-state index contributed by atoms with van der Waals surface area (Å²) in [5.74, 6) is 0.0814. The second-order valence-electron chi connectivity index (χ2n) is 4.96. The molecular weight excluding hydrogens is 314 g/mol. The summed E-state index contributed by atoms with van der Waals surface area (Å²) >= 11 is 0. The molecule has 0 spiro atoms. The predicted molar refractivity (Wildman–Crippen MR) is 89.0 cm³/mol. The van der Waals surface area contributed by atoms with Gasteiger partial charge >= 0.3 is 5.69 Å². The number of imidazole rings is 1. The van der Waals surface area contributed by atoms with Crippen LogP contribution >= 0.6 is 0 Å². The molecule has 23 heavy (non-hydrogen) atoms. The van der Waals surface area contributed by atoms with Crippen molar-refractivity contribution in [2.24, 2.45) is 0 Å². The molecule has 1 aromatic heterocycles. The summed E-state index contributed by atoms with van der Waals surface area (Å²) in [6, 6.07) is 14.0.